The maximum Gasteiger partial charge on any atom is 0.271 e. The summed E-state index contributed by atoms with van der Waals surface area (Å²) in [5.74, 6) is -0.653. The number of thiazole rings is 1. The lowest BCUT2D eigenvalue weighted by Crippen LogP contribution is -2.41. The number of benzene rings is 1. The molecule has 3 aromatic rings. The summed E-state index contributed by atoms with van der Waals surface area (Å²) >= 11 is 7.42. The van der Waals surface area contributed by atoms with Crippen molar-refractivity contribution in [2.75, 3.05) is 6.54 Å². The first-order chi connectivity index (χ1) is 12.5. The molecule has 0 fully saturated rings. The van der Waals surface area contributed by atoms with Gasteiger partial charge < -0.3 is 11.1 Å². The van der Waals surface area contributed by atoms with E-state index in [-0.39, 0.29) is 30.0 Å². The fourth-order valence-electron chi connectivity index (χ4n) is 2.54. The van der Waals surface area contributed by atoms with Crippen LogP contribution in [0.3, 0.4) is 0 Å². The van der Waals surface area contributed by atoms with Crippen molar-refractivity contribution in [3.8, 4) is 10.7 Å². The lowest BCUT2D eigenvalue weighted by molar-refractivity contribution is 0.0934. The first-order valence-corrected chi connectivity index (χ1v) is 9.12. The van der Waals surface area contributed by atoms with Gasteiger partial charge in [-0.05, 0) is 24.1 Å². The summed E-state index contributed by atoms with van der Waals surface area (Å²) in [6.07, 6.45) is 1.96. The molecular weight excluding hydrogens is 377 g/mol. The topological polar surface area (TPSA) is 85.8 Å². The number of halogens is 2. The average molecular weight is 394 g/mol. The summed E-state index contributed by atoms with van der Waals surface area (Å²) in [6, 6.07) is 5.91. The van der Waals surface area contributed by atoms with Crippen LogP contribution >= 0.6 is 22.9 Å². The van der Waals surface area contributed by atoms with Crippen molar-refractivity contribution in [2.45, 2.75) is 12.5 Å². The highest BCUT2D eigenvalue weighted by molar-refractivity contribution is 7.13. The van der Waals surface area contributed by atoms with Crippen molar-refractivity contribution in [2.24, 2.45) is 12.8 Å². The number of nitrogens with zero attached hydrogens (tertiary/aromatic N) is 3. The molecule has 1 amide bonds. The normalized spacial score (nSPS) is 12.2. The predicted molar refractivity (Wildman–Crippen MR) is 99.7 cm³/mol. The van der Waals surface area contributed by atoms with Gasteiger partial charge in [0.05, 0.1) is 11.2 Å². The summed E-state index contributed by atoms with van der Waals surface area (Å²) in [5, 5.41) is 9.64. The fraction of sp³-hybridized carbons (Fsp3) is 0.235. The Morgan fingerprint density at radius 2 is 2.31 bits per heavy atom. The number of aryl methyl sites for hydroxylation is 1. The highest BCUT2D eigenvalue weighted by atomic mass is 35.5. The number of carbonyl (C=O) groups excluding carboxylic acids is 1. The molecule has 0 saturated carbocycles. The molecule has 0 aliphatic heterocycles. The van der Waals surface area contributed by atoms with Crippen LogP contribution in [0.15, 0.2) is 35.8 Å². The predicted octanol–water partition coefficient (Wildman–Crippen LogP) is 2.64. The number of rotatable bonds is 6. The Hall–Kier alpha value is -2.29. The van der Waals surface area contributed by atoms with Gasteiger partial charge in [-0.2, -0.15) is 5.10 Å². The molecule has 0 bridgehead atoms. The van der Waals surface area contributed by atoms with Crippen LogP contribution in [0.1, 0.15) is 16.1 Å². The van der Waals surface area contributed by atoms with Gasteiger partial charge in [-0.1, -0.05) is 23.7 Å². The van der Waals surface area contributed by atoms with Crippen LogP contribution in [0, 0.1) is 5.82 Å². The van der Waals surface area contributed by atoms with E-state index in [1.54, 1.807) is 29.2 Å². The van der Waals surface area contributed by atoms with Crippen LogP contribution in [-0.4, -0.2) is 33.3 Å². The summed E-state index contributed by atoms with van der Waals surface area (Å²) in [6.45, 7) is 0.229. The molecule has 26 heavy (non-hydrogen) atoms. The fourth-order valence-corrected chi connectivity index (χ4v) is 3.74. The zero-order chi connectivity index (χ0) is 18.7. The molecule has 9 heteroatoms. The molecule has 2 aromatic heterocycles. The van der Waals surface area contributed by atoms with E-state index in [1.165, 1.54) is 29.7 Å². The van der Waals surface area contributed by atoms with Gasteiger partial charge >= 0.3 is 0 Å². The molecular formula is C17H17ClFN5OS. The number of aromatic nitrogens is 3. The van der Waals surface area contributed by atoms with E-state index in [0.717, 1.165) is 5.56 Å². The molecule has 3 N–H and O–H groups in total. The number of hydrogen-bond donors (Lipinski definition) is 2. The molecule has 136 valence electrons. The number of nitrogens with one attached hydrogen (secondary N) is 1. The van der Waals surface area contributed by atoms with Crippen molar-refractivity contribution in [3.63, 3.8) is 0 Å². The molecule has 0 unspecified atom stereocenters. The second-order valence-electron chi connectivity index (χ2n) is 5.74. The van der Waals surface area contributed by atoms with Gasteiger partial charge in [-0.25, -0.2) is 9.37 Å². The highest BCUT2D eigenvalue weighted by Crippen LogP contribution is 2.29. The Labute approximate surface area is 158 Å². The van der Waals surface area contributed by atoms with Crippen molar-refractivity contribution < 1.29 is 9.18 Å². The quantitative estimate of drug-likeness (QED) is 0.674. The average Bonchev–Trinajstić information content (AvgIpc) is 3.21. The first kappa shape index (κ1) is 18.5. The summed E-state index contributed by atoms with van der Waals surface area (Å²) in [4.78, 5) is 16.8. The minimum atomic E-state index is -0.336. The molecule has 0 spiro atoms. The molecule has 0 radical (unpaired) electrons. The van der Waals surface area contributed by atoms with Crippen molar-refractivity contribution >= 4 is 28.8 Å². The van der Waals surface area contributed by atoms with Crippen LogP contribution in [0.25, 0.3) is 10.7 Å². The zero-order valence-electron chi connectivity index (χ0n) is 13.9. The molecule has 0 aliphatic carbocycles. The second kappa shape index (κ2) is 7.94. The van der Waals surface area contributed by atoms with Gasteiger partial charge in [0.2, 0.25) is 0 Å². The molecule has 1 aromatic carbocycles. The van der Waals surface area contributed by atoms with E-state index >= 15 is 0 Å². The monoisotopic (exact) mass is 393 g/mol. The van der Waals surface area contributed by atoms with E-state index < -0.39 is 0 Å². The van der Waals surface area contributed by atoms with Crippen LogP contribution in [-0.2, 0) is 13.5 Å². The van der Waals surface area contributed by atoms with E-state index in [0.29, 0.717) is 22.1 Å². The molecule has 0 aliphatic rings. The van der Waals surface area contributed by atoms with Crippen LogP contribution in [0.2, 0.25) is 5.02 Å². The van der Waals surface area contributed by atoms with Crippen LogP contribution in [0.5, 0.6) is 0 Å². The summed E-state index contributed by atoms with van der Waals surface area (Å²) in [5.41, 5.74) is 7.45. The van der Waals surface area contributed by atoms with Gasteiger partial charge in [0.15, 0.2) is 0 Å². The van der Waals surface area contributed by atoms with E-state index in [1.807, 2.05) is 0 Å². The molecule has 2 heterocycles. The first-order valence-electron chi connectivity index (χ1n) is 7.86. The van der Waals surface area contributed by atoms with E-state index in [9.17, 15) is 9.18 Å². The summed E-state index contributed by atoms with van der Waals surface area (Å²) < 4.78 is 14.9. The van der Waals surface area contributed by atoms with Crippen LogP contribution < -0.4 is 11.1 Å². The minimum absolute atomic E-state index is 0.229. The van der Waals surface area contributed by atoms with E-state index in [4.69, 9.17) is 17.3 Å². The Balaban J connectivity index is 1.71. The maximum absolute atomic E-state index is 13.3. The van der Waals surface area contributed by atoms with Gasteiger partial charge in [-0.15, -0.1) is 11.3 Å². The van der Waals surface area contributed by atoms with Crippen molar-refractivity contribution in [1.29, 1.82) is 0 Å². The maximum atomic E-state index is 13.3. The van der Waals surface area contributed by atoms with Gasteiger partial charge in [0.25, 0.3) is 5.91 Å². The largest absolute Gasteiger partial charge is 0.346 e. The molecule has 1 atom stereocenters. The molecule has 0 saturated heterocycles. The SMILES string of the molecule is Cn1ncc(Cl)c1-c1nc(C(=O)N[C@H](CN)Cc2cccc(F)c2)cs1. The molecule has 6 nitrogen and oxygen atoms in total. The lowest BCUT2D eigenvalue weighted by Gasteiger charge is -2.16. The number of hydrogen-bond acceptors (Lipinski definition) is 5. The number of amides is 1. The summed E-state index contributed by atoms with van der Waals surface area (Å²) in [7, 11) is 1.76. The van der Waals surface area contributed by atoms with Gasteiger partial charge in [0, 0.05) is 25.0 Å². The third kappa shape index (κ3) is 4.09. The Morgan fingerprint density at radius 1 is 1.50 bits per heavy atom. The standard InChI is InChI=1S/C17H17ClFN5OS/c1-24-15(13(18)8-21-24)17-23-14(9-26-17)16(25)22-12(7-20)6-10-3-2-4-11(19)5-10/h2-5,8-9,12H,6-7,20H2,1H3,(H,22,25)/t12-/m0/s1. The lowest BCUT2D eigenvalue weighted by atomic mass is 10.1. The Morgan fingerprint density at radius 3 is 2.96 bits per heavy atom. The molecule has 3 rings (SSSR count). The van der Waals surface area contributed by atoms with E-state index in [2.05, 4.69) is 15.4 Å². The van der Waals surface area contributed by atoms with Crippen molar-refractivity contribution in [3.05, 3.63) is 57.9 Å². The number of carbonyl (C=O) groups is 1. The van der Waals surface area contributed by atoms with Crippen LogP contribution in [0.4, 0.5) is 4.39 Å². The second-order valence-corrected chi connectivity index (χ2v) is 7.01. The highest BCUT2D eigenvalue weighted by Gasteiger charge is 2.19. The minimum Gasteiger partial charge on any atom is -0.346 e. The van der Waals surface area contributed by atoms with Gasteiger partial charge in [0.1, 0.15) is 22.2 Å². The third-order valence-corrected chi connectivity index (χ3v) is 4.95. The van der Waals surface area contributed by atoms with Gasteiger partial charge in [-0.3, -0.25) is 9.48 Å². The zero-order valence-corrected chi connectivity index (χ0v) is 15.5. The Bertz CT molecular complexity index is 906. The smallest absolute Gasteiger partial charge is 0.271 e. The Kier molecular flexibility index (Phi) is 5.65. The number of nitrogens with two attached hydrogens (primary N) is 1. The van der Waals surface area contributed by atoms with Crippen molar-refractivity contribution in [1.82, 2.24) is 20.1 Å². The third-order valence-electron chi connectivity index (χ3n) is 3.82.